The number of hydrogen-bond acceptors (Lipinski definition) is 2. The smallest absolute Gasteiger partial charge is 0.224 e. The van der Waals surface area contributed by atoms with E-state index in [9.17, 15) is 9.59 Å². The molecular weight excluding hydrogens is 288 g/mol. The Bertz CT molecular complexity index is 566. The average molecular weight is 312 g/mol. The molecule has 122 valence electrons. The summed E-state index contributed by atoms with van der Waals surface area (Å²) >= 11 is 0. The lowest BCUT2D eigenvalue weighted by atomic mass is 9.81. The molecule has 0 aliphatic heterocycles. The molecule has 0 aromatic heterocycles. The normalized spacial score (nSPS) is 19.8. The fourth-order valence-electron chi connectivity index (χ4n) is 2.80. The Morgan fingerprint density at radius 2 is 1.65 bits per heavy atom. The summed E-state index contributed by atoms with van der Waals surface area (Å²) in [7, 11) is 0. The highest BCUT2D eigenvalue weighted by molar-refractivity contribution is 5.88. The minimum atomic E-state index is -0.295. The average Bonchev–Trinajstić information content (AvgIpc) is 2.60. The van der Waals surface area contributed by atoms with Crippen LogP contribution < -0.4 is 10.6 Å². The molecular formula is C19H24N2O2. The number of amides is 2. The summed E-state index contributed by atoms with van der Waals surface area (Å²) in [6.07, 6.45) is 7.63. The van der Waals surface area contributed by atoms with Crippen LogP contribution in [0.25, 0.3) is 0 Å². The predicted molar refractivity (Wildman–Crippen MR) is 91.7 cm³/mol. The SMILES string of the molecule is C=CCNC(=O)[C@H]1CC=CC[C@@H]1C(=O)NCCc1ccccc1. The number of carbonyl (C=O) groups excluding carboxylic acids is 2. The van der Waals surface area contributed by atoms with Crippen LogP contribution >= 0.6 is 0 Å². The Labute approximate surface area is 137 Å². The Kier molecular flexibility index (Phi) is 6.60. The maximum atomic E-state index is 12.4. The second kappa shape index (κ2) is 8.93. The summed E-state index contributed by atoms with van der Waals surface area (Å²) < 4.78 is 0. The van der Waals surface area contributed by atoms with Gasteiger partial charge >= 0.3 is 0 Å². The number of hydrogen-bond donors (Lipinski definition) is 2. The molecule has 2 amide bonds. The van der Waals surface area contributed by atoms with E-state index in [4.69, 9.17) is 0 Å². The van der Waals surface area contributed by atoms with Crippen LogP contribution in [0.2, 0.25) is 0 Å². The molecule has 4 heteroatoms. The lowest BCUT2D eigenvalue weighted by Gasteiger charge is -2.26. The van der Waals surface area contributed by atoms with Gasteiger partial charge in [0.25, 0.3) is 0 Å². The third-order valence-electron chi connectivity index (χ3n) is 4.08. The van der Waals surface area contributed by atoms with Crippen molar-refractivity contribution in [2.45, 2.75) is 19.3 Å². The van der Waals surface area contributed by atoms with Gasteiger partial charge in [-0.1, -0.05) is 48.6 Å². The number of nitrogens with one attached hydrogen (secondary N) is 2. The zero-order valence-corrected chi connectivity index (χ0v) is 13.3. The van der Waals surface area contributed by atoms with Gasteiger partial charge in [-0.25, -0.2) is 0 Å². The first-order chi connectivity index (χ1) is 11.2. The minimum absolute atomic E-state index is 0.0379. The van der Waals surface area contributed by atoms with Crippen molar-refractivity contribution < 1.29 is 9.59 Å². The van der Waals surface area contributed by atoms with E-state index in [-0.39, 0.29) is 23.7 Å². The fourth-order valence-corrected chi connectivity index (χ4v) is 2.80. The molecule has 0 saturated heterocycles. The second-order valence-electron chi connectivity index (χ2n) is 5.72. The maximum absolute atomic E-state index is 12.4. The molecule has 2 rings (SSSR count). The first-order valence-corrected chi connectivity index (χ1v) is 8.07. The molecule has 0 heterocycles. The lowest BCUT2D eigenvalue weighted by Crippen LogP contribution is -2.43. The van der Waals surface area contributed by atoms with E-state index in [1.807, 2.05) is 42.5 Å². The van der Waals surface area contributed by atoms with Crippen LogP contribution in [0, 0.1) is 11.8 Å². The summed E-state index contributed by atoms with van der Waals surface area (Å²) in [5.41, 5.74) is 1.19. The standard InChI is InChI=1S/C19H24N2O2/c1-2-13-20-18(22)16-10-6-7-11-17(16)19(23)21-14-12-15-8-4-3-5-9-15/h2-9,16-17H,1,10-14H2,(H,20,22)(H,21,23)/t16-,17-/m0/s1. The van der Waals surface area contributed by atoms with Gasteiger partial charge in [0.2, 0.25) is 11.8 Å². The van der Waals surface area contributed by atoms with Crippen molar-refractivity contribution in [2.24, 2.45) is 11.8 Å². The first kappa shape index (κ1) is 17.0. The quantitative estimate of drug-likeness (QED) is 0.759. The molecule has 1 aliphatic rings. The van der Waals surface area contributed by atoms with Crippen LogP contribution in [0.15, 0.2) is 55.1 Å². The van der Waals surface area contributed by atoms with Crippen LogP contribution in [-0.4, -0.2) is 24.9 Å². The van der Waals surface area contributed by atoms with Gasteiger partial charge in [-0.15, -0.1) is 6.58 Å². The minimum Gasteiger partial charge on any atom is -0.355 e. The number of carbonyl (C=O) groups is 2. The Morgan fingerprint density at radius 1 is 1.04 bits per heavy atom. The van der Waals surface area contributed by atoms with Gasteiger partial charge in [-0.2, -0.15) is 0 Å². The number of benzene rings is 1. The van der Waals surface area contributed by atoms with Gasteiger partial charge in [0, 0.05) is 13.1 Å². The van der Waals surface area contributed by atoms with Crippen LogP contribution in [-0.2, 0) is 16.0 Å². The van der Waals surface area contributed by atoms with Crippen molar-refractivity contribution >= 4 is 11.8 Å². The van der Waals surface area contributed by atoms with Crippen LogP contribution in [0.4, 0.5) is 0 Å². The maximum Gasteiger partial charge on any atom is 0.224 e. The largest absolute Gasteiger partial charge is 0.355 e. The van der Waals surface area contributed by atoms with Gasteiger partial charge < -0.3 is 10.6 Å². The predicted octanol–water partition coefficient (Wildman–Crippen LogP) is 2.23. The zero-order chi connectivity index (χ0) is 16.5. The molecule has 0 fully saturated rings. The van der Waals surface area contributed by atoms with Crippen molar-refractivity contribution in [1.82, 2.24) is 10.6 Å². The number of rotatable bonds is 7. The van der Waals surface area contributed by atoms with Gasteiger partial charge in [0.1, 0.15) is 0 Å². The summed E-state index contributed by atoms with van der Waals surface area (Å²) in [5.74, 6) is -0.696. The van der Waals surface area contributed by atoms with Crippen molar-refractivity contribution in [2.75, 3.05) is 13.1 Å². The lowest BCUT2D eigenvalue weighted by molar-refractivity contribution is -0.134. The molecule has 0 bridgehead atoms. The van der Waals surface area contributed by atoms with Crippen LogP contribution in [0.5, 0.6) is 0 Å². The van der Waals surface area contributed by atoms with Gasteiger partial charge in [0.15, 0.2) is 0 Å². The second-order valence-corrected chi connectivity index (χ2v) is 5.72. The van der Waals surface area contributed by atoms with E-state index in [0.717, 1.165) is 6.42 Å². The fraction of sp³-hybridized carbons (Fsp3) is 0.368. The van der Waals surface area contributed by atoms with Gasteiger partial charge in [-0.05, 0) is 24.8 Å². The van der Waals surface area contributed by atoms with Crippen molar-refractivity contribution in [3.05, 3.63) is 60.7 Å². The molecule has 2 atom stereocenters. The molecule has 0 unspecified atom stereocenters. The molecule has 23 heavy (non-hydrogen) atoms. The van der Waals surface area contributed by atoms with E-state index in [1.165, 1.54) is 5.56 Å². The third kappa shape index (κ3) is 5.09. The van der Waals surface area contributed by atoms with E-state index < -0.39 is 0 Å². The zero-order valence-electron chi connectivity index (χ0n) is 13.3. The topological polar surface area (TPSA) is 58.2 Å². The first-order valence-electron chi connectivity index (χ1n) is 8.07. The molecule has 2 N–H and O–H groups in total. The molecule has 0 spiro atoms. The van der Waals surface area contributed by atoms with Gasteiger partial charge in [-0.3, -0.25) is 9.59 Å². The Balaban J connectivity index is 1.86. The Hall–Kier alpha value is -2.36. The molecule has 0 saturated carbocycles. The molecule has 0 radical (unpaired) electrons. The molecule has 1 aromatic carbocycles. The highest BCUT2D eigenvalue weighted by Crippen LogP contribution is 2.26. The van der Waals surface area contributed by atoms with Crippen molar-refractivity contribution in [3.8, 4) is 0 Å². The van der Waals surface area contributed by atoms with Crippen molar-refractivity contribution in [1.29, 1.82) is 0 Å². The summed E-state index contributed by atoms with van der Waals surface area (Å²) in [5, 5.41) is 5.77. The van der Waals surface area contributed by atoms with E-state index >= 15 is 0 Å². The van der Waals surface area contributed by atoms with E-state index in [1.54, 1.807) is 6.08 Å². The van der Waals surface area contributed by atoms with Crippen LogP contribution in [0.3, 0.4) is 0 Å². The van der Waals surface area contributed by atoms with E-state index in [0.29, 0.717) is 25.9 Å². The summed E-state index contributed by atoms with van der Waals surface area (Å²) in [4.78, 5) is 24.6. The molecule has 1 aliphatic carbocycles. The van der Waals surface area contributed by atoms with E-state index in [2.05, 4.69) is 17.2 Å². The van der Waals surface area contributed by atoms with Crippen molar-refractivity contribution in [3.63, 3.8) is 0 Å². The Morgan fingerprint density at radius 3 is 2.26 bits per heavy atom. The highest BCUT2D eigenvalue weighted by Gasteiger charge is 2.33. The summed E-state index contributed by atoms with van der Waals surface area (Å²) in [6, 6.07) is 10.0. The monoisotopic (exact) mass is 312 g/mol. The molecule has 4 nitrogen and oxygen atoms in total. The van der Waals surface area contributed by atoms with Gasteiger partial charge in [0.05, 0.1) is 11.8 Å². The summed E-state index contributed by atoms with van der Waals surface area (Å²) in [6.45, 7) is 4.61. The third-order valence-corrected chi connectivity index (χ3v) is 4.08. The highest BCUT2D eigenvalue weighted by atomic mass is 16.2. The molecule has 1 aromatic rings. The number of allylic oxidation sites excluding steroid dienone is 2. The van der Waals surface area contributed by atoms with Crippen LogP contribution in [0.1, 0.15) is 18.4 Å².